The number of alkyl halides is 1. The van der Waals surface area contributed by atoms with Crippen LogP contribution in [-0.2, 0) is 4.43 Å². The van der Waals surface area contributed by atoms with Crippen molar-refractivity contribution >= 4 is 19.8 Å². The maximum absolute atomic E-state index is 5.17. The molecule has 0 fully saturated rings. The number of hydrogen-bond donors (Lipinski definition) is 0. The van der Waals surface area contributed by atoms with E-state index < -0.39 is 19.8 Å². The van der Waals surface area contributed by atoms with Crippen molar-refractivity contribution in [2.24, 2.45) is 0 Å². The zero-order valence-corrected chi connectivity index (χ0v) is 26.1. The smallest absolute Gasteiger partial charge is 0.0617 e. The average Bonchev–Trinajstić information content (AvgIpc) is 3.12. The van der Waals surface area contributed by atoms with Crippen LogP contribution < -0.4 is 0 Å². The monoisotopic (exact) mass is 677 g/mol. The summed E-state index contributed by atoms with van der Waals surface area (Å²) in [6.07, 6.45) is 3.76. The second kappa shape index (κ2) is 11.6. The van der Waals surface area contributed by atoms with Crippen molar-refractivity contribution in [3.05, 3.63) is 171 Å². The van der Waals surface area contributed by atoms with Crippen molar-refractivity contribution in [2.75, 3.05) is 0 Å². The van der Waals surface area contributed by atoms with Gasteiger partial charge in [-0.05, 0) is 0 Å². The SMILES string of the molecule is c1ccc(-c2ccc(-c3cc(-c4cccc(I5Cc6ncccc6-c6ccccc65)c4)nc(-c4ccccn4)c3)cc2)cc1. The molecule has 44 heavy (non-hydrogen) atoms. The van der Waals surface area contributed by atoms with Gasteiger partial charge in [0.25, 0.3) is 0 Å². The summed E-state index contributed by atoms with van der Waals surface area (Å²) in [4.78, 5) is 14.6. The first kappa shape index (κ1) is 26.7. The maximum atomic E-state index is 5.17. The minimum absolute atomic E-state index is 0.868. The van der Waals surface area contributed by atoms with Gasteiger partial charge in [0.05, 0.1) is 0 Å². The number of aromatic nitrogens is 3. The Morgan fingerprint density at radius 1 is 0.432 bits per heavy atom. The van der Waals surface area contributed by atoms with Crippen LogP contribution in [0.5, 0.6) is 0 Å². The van der Waals surface area contributed by atoms with Crippen molar-refractivity contribution in [3.63, 3.8) is 0 Å². The molecule has 0 N–H and O–H groups in total. The van der Waals surface area contributed by atoms with E-state index in [1.165, 1.54) is 35.1 Å². The second-order valence-corrected chi connectivity index (χ2v) is 16.0. The van der Waals surface area contributed by atoms with Gasteiger partial charge in [-0.1, -0.05) is 18.2 Å². The van der Waals surface area contributed by atoms with E-state index in [0.29, 0.717) is 0 Å². The van der Waals surface area contributed by atoms with E-state index in [1.807, 2.05) is 36.7 Å². The Morgan fingerprint density at radius 2 is 1.11 bits per heavy atom. The number of fused-ring (bicyclic) bond motifs is 3. The minimum atomic E-state index is -1.78. The number of pyridine rings is 3. The summed E-state index contributed by atoms with van der Waals surface area (Å²) in [5, 5.41) is 0. The van der Waals surface area contributed by atoms with Gasteiger partial charge in [0.2, 0.25) is 0 Å². The molecular formula is C40H28IN3. The van der Waals surface area contributed by atoms with Gasteiger partial charge in [0, 0.05) is 0 Å². The van der Waals surface area contributed by atoms with Crippen molar-refractivity contribution in [1.82, 2.24) is 15.0 Å². The molecule has 0 spiro atoms. The van der Waals surface area contributed by atoms with Crippen LogP contribution in [0.1, 0.15) is 5.69 Å². The fourth-order valence-electron chi connectivity index (χ4n) is 5.83. The van der Waals surface area contributed by atoms with Crippen LogP contribution in [-0.4, -0.2) is 15.0 Å². The first-order valence-corrected chi connectivity index (χ1v) is 18.4. The Bertz CT molecular complexity index is 2090. The predicted molar refractivity (Wildman–Crippen MR) is 189 cm³/mol. The van der Waals surface area contributed by atoms with E-state index in [2.05, 4.69) is 126 Å². The molecule has 0 saturated heterocycles. The molecule has 210 valence electrons. The Labute approximate surface area is 264 Å². The van der Waals surface area contributed by atoms with E-state index in [4.69, 9.17) is 9.97 Å². The molecule has 3 nitrogen and oxygen atoms in total. The number of rotatable bonds is 5. The molecule has 0 radical (unpaired) electrons. The zero-order valence-electron chi connectivity index (χ0n) is 23.9. The van der Waals surface area contributed by atoms with Crippen LogP contribution in [0.2, 0.25) is 0 Å². The van der Waals surface area contributed by atoms with Gasteiger partial charge in [-0.25, -0.2) is 0 Å². The fourth-order valence-corrected chi connectivity index (χ4v) is 11.8. The molecule has 0 saturated carbocycles. The van der Waals surface area contributed by atoms with E-state index in [0.717, 1.165) is 38.2 Å². The topological polar surface area (TPSA) is 38.7 Å². The van der Waals surface area contributed by atoms with E-state index in [9.17, 15) is 0 Å². The van der Waals surface area contributed by atoms with Crippen LogP contribution in [0.15, 0.2) is 158 Å². The van der Waals surface area contributed by atoms with Gasteiger partial charge < -0.3 is 0 Å². The number of nitrogens with zero attached hydrogens (tertiary/aromatic N) is 3. The predicted octanol–water partition coefficient (Wildman–Crippen LogP) is 10.3. The van der Waals surface area contributed by atoms with Gasteiger partial charge in [-0.2, -0.15) is 0 Å². The van der Waals surface area contributed by atoms with Crippen molar-refractivity contribution in [1.29, 1.82) is 0 Å². The Hall–Kier alpha value is -4.94. The summed E-state index contributed by atoms with van der Waals surface area (Å²) in [6, 6.07) is 51.9. The number of benzene rings is 4. The fraction of sp³-hybridized carbons (Fsp3) is 0.0250. The zero-order chi connectivity index (χ0) is 29.3. The van der Waals surface area contributed by atoms with Crippen molar-refractivity contribution < 1.29 is 0 Å². The molecule has 4 heterocycles. The Kier molecular flexibility index (Phi) is 7.05. The van der Waals surface area contributed by atoms with Gasteiger partial charge in [0.15, 0.2) is 0 Å². The minimum Gasteiger partial charge on any atom is -0.0617 e. The molecule has 1 aliphatic rings. The standard InChI is InChI=1S/C40H28IN3/c1-2-10-28(11-3-1)29-18-20-30(21-19-29)32-25-38(44-39(26-32)37-17-6-7-22-42-37)31-12-8-13-33(24-31)41-27-40-35(15-9-23-43-40)34-14-4-5-16-36(34)41/h1-26H,27H2. The van der Waals surface area contributed by atoms with Gasteiger partial charge >= 0.3 is 248 Å². The summed E-state index contributed by atoms with van der Waals surface area (Å²) >= 11 is -1.78. The van der Waals surface area contributed by atoms with E-state index >= 15 is 0 Å². The summed E-state index contributed by atoms with van der Waals surface area (Å²) in [5.41, 5.74) is 12.4. The molecule has 4 heteroatoms. The molecule has 8 rings (SSSR count). The molecule has 0 unspecified atom stereocenters. The van der Waals surface area contributed by atoms with Crippen molar-refractivity contribution in [3.8, 4) is 56.0 Å². The third-order valence-corrected chi connectivity index (χ3v) is 14.0. The summed E-state index contributed by atoms with van der Waals surface area (Å²) in [6.45, 7) is 0. The van der Waals surface area contributed by atoms with Crippen LogP contribution in [0.25, 0.3) is 56.0 Å². The van der Waals surface area contributed by atoms with Gasteiger partial charge in [0.1, 0.15) is 0 Å². The second-order valence-electron chi connectivity index (χ2n) is 10.8. The molecule has 0 bridgehead atoms. The molecular weight excluding hydrogens is 649 g/mol. The Balaban J connectivity index is 1.22. The first-order chi connectivity index (χ1) is 21.8. The number of hydrogen-bond acceptors (Lipinski definition) is 3. The third kappa shape index (κ3) is 5.12. The van der Waals surface area contributed by atoms with Crippen LogP contribution >= 0.6 is 19.8 Å². The van der Waals surface area contributed by atoms with Crippen LogP contribution in [0.3, 0.4) is 0 Å². The molecule has 7 aromatic rings. The molecule has 3 aromatic heterocycles. The quantitative estimate of drug-likeness (QED) is 0.135. The number of halogens is 1. The van der Waals surface area contributed by atoms with E-state index in [1.54, 1.807) is 0 Å². The summed E-state index contributed by atoms with van der Waals surface area (Å²) < 4.78 is 3.96. The summed E-state index contributed by atoms with van der Waals surface area (Å²) in [5.74, 6) is 0. The van der Waals surface area contributed by atoms with E-state index in [-0.39, 0.29) is 0 Å². The molecule has 4 aromatic carbocycles. The third-order valence-electron chi connectivity index (χ3n) is 8.02. The molecule has 1 aliphatic heterocycles. The molecule has 0 amide bonds. The van der Waals surface area contributed by atoms with Crippen LogP contribution in [0.4, 0.5) is 0 Å². The summed E-state index contributed by atoms with van der Waals surface area (Å²) in [7, 11) is 0. The van der Waals surface area contributed by atoms with Gasteiger partial charge in [-0.3, -0.25) is 0 Å². The molecule has 0 atom stereocenters. The van der Waals surface area contributed by atoms with Gasteiger partial charge in [-0.15, -0.1) is 0 Å². The molecule has 0 aliphatic carbocycles. The normalized spacial score (nSPS) is 12.8. The average molecular weight is 678 g/mol. The van der Waals surface area contributed by atoms with Crippen molar-refractivity contribution in [2.45, 2.75) is 4.43 Å². The first-order valence-electron chi connectivity index (χ1n) is 14.7. The van der Waals surface area contributed by atoms with Crippen LogP contribution in [0, 0.1) is 7.14 Å². The Morgan fingerprint density at radius 3 is 1.95 bits per heavy atom.